The predicted octanol–water partition coefficient (Wildman–Crippen LogP) is 3.38. The van der Waals surface area contributed by atoms with E-state index < -0.39 is 0 Å². The van der Waals surface area contributed by atoms with Gasteiger partial charge in [0, 0.05) is 18.1 Å². The summed E-state index contributed by atoms with van der Waals surface area (Å²) in [6, 6.07) is 7.64. The van der Waals surface area contributed by atoms with Crippen LogP contribution in [0.4, 0.5) is 0 Å². The maximum Gasteiger partial charge on any atom is 0.227 e. The van der Waals surface area contributed by atoms with E-state index in [2.05, 4.69) is 0 Å². The topological polar surface area (TPSA) is 46.3 Å². The van der Waals surface area contributed by atoms with Crippen molar-refractivity contribution in [2.24, 2.45) is 11.7 Å². The molecule has 3 unspecified atom stereocenters. The summed E-state index contributed by atoms with van der Waals surface area (Å²) in [5, 5.41) is 0.701. The molecule has 0 bridgehead atoms. The second-order valence-electron chi connectivity index (χ2n) is 5.70. The second kappa shape index (κ2) is 6.59. The maximum absolute atomic E-state index is 12.6. The number of hydrogen-bond acceptors (Lipinski definition) is 2. The fraction of sp³-hybridized carbons (Fsp3) is 0.562. The smallest absolute Gasteiger partial charge is 0.227 e. The van der Waals surface area contributed by atoms with Crippen molar-refractivity contribution < 1.29 is 4.79 Å². The van der Waals surface area contributed by atoms with Gasteiger partial charge in [0.2, 0.25) is 5.91 Å². The normalized spacial score (nSPS) is 24.2. The van der Waals surface area contributed by atoms with Crippen molar-refractivity contribution in [2.45, 2.75) is 44.7 Å². The summed E-state index contributed by atoms with van der Waals surface area (Å²) in [7, 11) is 1.84. The average Bonchev–Trinajstić information content (AvgIpc) is 2.46. The van der Waals surface area contributed by atoms with Crippen molar-refractivity contribution in [2.75, 3.05) is 7.05 Å². The molecule has 2 rings (SSSR count). The van der Waals surface area contributed by atoms with Crippen LogP contribution in [0.15, 0.2) is 24.3 Å². The number of carbonyl (C=O) groups is 1. The Morgan fingerprint density at radius 3 is 2.65 bits per heavy atom. The summed E-state index contributed by atoms with van der Waals surface area (Å²) in [6.07, 6.45) is 4.08. The van der Waals surface area contributed by atoms with E-state index in [1.54, 1.807) is 4.90 Å². The van der Waals surface area contributed by atoms with Gasteiger partial charge in [-0.1, -0.05) is 42.6 Å². The maximum atomic E-state index is 12.6. The molecule has 1 aromatic carbocycles. The van der Waals surface area contributed by atoms with Crippen LogP contribution < -0.4 is 5.73 Å². The third kappa shape index (κ3) is 3.15. The van der Waals surface area contributed by atoms with Crippen LogP contribution in [-0.4, -0.2) is 23.9 Å². The van der Waals surface area contributed by atoms with E-state index in [4.69, 9.17) is 17.3 Å². The van der Waals surface area contributed by atoms with E-state index >= 15 is 0 Å². The van der Waals surface area contributed by atoms with Crippen molar-refractivity contribution in [1.82, 2.24) is 4.90 Å². The number of benzene rings is 1. The molecule has 4 heteroatoms. The van der Waals surface area contributed by atoms with E-state index in [-0.39, 0.29) is 23.9 Å². The molecule has 0 aliphatic heterocycles. The highest BCUT2D eigenvalue weighted by Gasteiger charge is 2.32. The van der Waals surface area contributed by atoms with Gasteiger partial charge in [0.05, 0.1) is 12.0 Å². The van der Waals surface area contributed by atoms with Gasteiger partial charge >= 0.3 is 0 Å². The van der Waals surface area contributed by atoms with Gasteiger partial charge in [-0.25, -0.2) is 0 Å². The Labute approximate surface area is 126 Å². The van der Waals surface area contributed by atoms with Gasteiger partial charge in [-0.2, -0.15) is 0 Å². The molecule has 1 aliphatic carbocycles. The molecule has 1 aromatic rings. The fourth-order valence-corrected chi connectivity index (χ4v) is 3.23. The number of amides is 1. The van der Waals surface area contributed by atoms with Crippen LogP contribution in [0, 0.1) is 5.92 Å². The molecule has 0 aromatic heterocycles. The minimum absolute atomic E-state index is 0.00264. The lowest BCUT2D eigenvalue weighted by molar-refractivity contribution is -0.137. The summed E-state index contributed by atoms with van der Waals surface area (Å²) < 4.78 is 0. The van der Waals surface area contributed by atoms with E-state index in [1.807, 2.05) is 38.2 Å². The zero-order chi connectivity index (χ0) is 14.7. The van der Waals surface area contributed by atoms with Gasteiger partial charge < -0.3 is 10.6 Å². The van der Waals surface area contributed by atoms with Crippen LogP contribution in [0.25, 0.3) is 0 Å². The number of nitrogens with two attached hydrogens (primary N) is 1. The molecule has 1 aliphatic rings. The molecular weight excluding hydrogens is 272 g/mol. The Morgan fingerprint density at radius 1 is 1.35 bits per heavy atom. The van der Waals surface area contributed by atoms with Gasteiger partial charge in [0.25, 0.3) is 0 Å². The highest BCUT2D eigenvalue weighted by molar-refractivity contribution is 6.31. The Morgan fingerprint density at radius 2 is 2.00 bits per heavy atom. The highest BCUT2D eigenvalue weighted by atomic mass is 35.5. The molecule has 110 valence electrons. The molecule has 0 heterocycles. The van der Waals surface area contributed by atoms with Crippen molar-refractivity contribution in [3.05, 3.63) is 34.9 Å². The minimum atomic E-state index is -0.0429. The van der Waals surface area contributed by atoms with Crippen LogP contribution in [0.5, 0.6) is 0 Å². The lowest BCUT2D eigenvalue weighted by Crippen LogP contribution is -2.45. The quantitative estimate of drug-likeness (QED) is 0.929. The van der Waals surface area contributed by atoms with Gasteiger partial charge in [0.1, 0.15) is 0 Å². The van der Waals surface area contributed by atoms with E-state index in [1.165, 1.54) is 0 Å². The van der Waals surface area contributed by atoms with Crippen LogP contribution >= 0.6 is 11.6 Å². The standard InChI is InChI=1S/C16H23ClN2O/c1-11(12-7-3-5-9-14(12)17)19(2)16(20)13-8-4-6-10-15(13)18/h3,5,7,9,11,13,15H,4,6,8,10,18H2,1-2H3. The van der Waals surface area contributed by atoms with Crippen LogP contribution in [0.3, 0.4) is 0 Å². The fourth-order valence-electron chi connectivity index (χ4n) is 2.94. The number of halogens is 1. The Bertz CT molecular complexity index is 477. The highest BCUT2D eigenvalue weighted by Crippen LogP contribution is 2.30. The first-order valence-corrected chi connectivity index (χ1v) is 7.67. The Hall–Kier alpha value is -1.06. The molecular formula is C16H23ClN2O. The Balaban J connectivity index is 2.12. The zero-order valence-corrected chi connectivity index (χ0v) is 12.9. The van der Waals surface area contributed by atoms with Crippen molar-refractivity contribution >= 4 is 17.5 Å². The van der Waals surface area contributed by atoms with Gasteiger partial charge in [-0.05, 0) is 31.4 Å². The summed E-state index contributed by atoms with van der Waals surface area (Å²) in [4.78, 5) is 14.4. The van der Waals surface area contributed by atoms with Crippen LogP contribution in [0.2, 0.25) is 5.02 Å². The number of rotatable bonds is 3. The van der Waals surface area contributed by atoms with E-state index in [0.29, 0.717) is 5.02 Å². The van der Waals surface area contributed by atoms with Crippen LogP contribution in [-0.2, 0) is 4.79 Å². The Kier molecular flexibility index (Phi) is 5.06. The van der Waals surface area contributed by atoms with Crippen molar-refractivity contribution in [3.8, 4) is 0 Å². The third-order valence-corrected chi connectivity index (χ3v) is 4.76. The molecule has 3 nitrogen and oxygen atoms in total. The molecule has 2 N–H and O–H groups in total. The molecule has 3 atom stereocenters. The molecule has 1 fully saturated rings. The summed E-state index contributed by atoms with van der Waals surface area (Å²) in [6.45, 7) is 2.01. The predicted molar refractivity (Wildman–Crippen MR) is 82.6 cm³/mol. The molecule has 20 heavy (non-hydrogen) atoms. The number of hydrogen-bond donors (Lipinski definition) is 1. The molecule has 1 saturated carbocycles. The lowest BCUT2D eigenvalue weighted by atomic mass is 9.84. The molecule has 0 saturated heterocycles. The molecule has 1 amide bonds. The lowest BCUT2D eigenvalue weighted by Gasteiger charge is -2.34. The first-order chi connectivity index (χ1) is 9.52. The second-order valence-corrected chi connectivity index (χ2v) is 6.11. The van der Waals surface area contributed by atoms with Gasteiger partial charge in [-0.3, -0.25) is 4.79 Å². The van der Waals surface area contributed by atoms with Crippen molar-refractivity contribution in [1.29, 1.82) is 0 Å². The first kappa shape index (κ1) is 15.3. The summed E-state index contributed by atoms with van der Waals surface area (Å²) >= 11 is 6.22. The number of carbonyl (C=O) groups excluding carboxylic acids is 1. The molecule has 0 radical (unpaired) electrons. The summed E-state index contributed by atoms with van der Waals surface area (Å²) in [5.41, 5.74) is 7.09. The van der Waals surface area contributed by atoms with Crippen molar-refractivity contribution in [3.63, 3.8) is 0 Å². The number of nitrogens with zero attached hydrogens (tertiary/aromatic N) is 1. The van der Waals surface area contributed by atoms with E-state index in [0.717, 1.165) is 31.2 Å². The third-order valence-electron chi connectivity index (χ3n) is 4.42. The largest absolute Gasteiger partial charge is 0.339 e. The first-order valence-electron chi connectivity index (χ1n) is 7.29. The summed E-state index contributed by atoms with van der Waals surface area (Å²) in [5.74, 6) is 0.100. The van der Waals surface area contributed by atoms with E-state index in [9.17, 15) is 4.79 Å². The minimum Gasteiger partial charge on any atom is -0.339 e. The zero-order valence-electron chi connectivity index (χ0n) is 12.2. The average molecular weight is 295 g/mol. The monoisotopic (exact) mass is 294 g/mol. The SMILES string of the molecule is CC(c1ccccc1Cl)N(C)C(=O)C1CCCCC1N. The molecule has 0 spiro atoms. The van der Waals surface area contributed by atoms with Gasteiger partial charge in [-0.15, -0.1) is 0 Å². The van der Waals surface area contributed by atoms with Crippen LogP contribution in [0.1, 0.15) is 44.2 Å². The van der Waals surface area contributed by atoms with Gasteiger partial charge in [0.15, 0.2) is 0 Å².